The summed E-state index contributed by atoms with van der Waals surface area (Å²) in [7, 11) is 0. The molecule has 0 fully saturated rings. The average Bonchev–Trinajstić information content (AvgIpc) is 1.54. The van der Waals surface area contributed by atoms with Crippen LogP contribution >= 0.6 is 0 Å². The molecule has 0 aromatic heterocycles. The molecule has 26 aromatic carbocycles. The first-order chi connectivity index (χ1) is 74.4. The van der Waals surface area contributed by atoms with Crippen molar-refractivity contribution in [2.45, 2.75) is 0 Å². The molecule has 0 unspecified atom stereocenters. The lowest BCUT2D eigenvalue weighted by Gasteiger charge is -2.20. The fourth-order valence-electron chi connectivity index (χ4n) is 24.6. The minimum atomic E-state index is 1.11. The molecular formula is C150H98. The predicted octanol–water partition coefficient (Wildman–Crippen LogP) is 42.2. The van der Waals surface area contributed by atoms with Crippen molar-refractivity contribution in [3.8, 4) is 223 Å². The zero-order valence-corrected chi connectivity index (χ0v) is 82.7. The lowest BCUT2D eigenvalue weighted by Crippen LogP contribution is -1.93. The van der Waals surface area contributed by atoms with Crippen molar-refractivity contribution in [2.24, 2.45) is 0 Å². The van der Waals surface area contributed by atoms with Crippen molar-refractivity contribution in [3.63, 3.8) is 0 Å². The van der Waals surface area contributed by atoms with E-state index < -0.39 is 0 Å². The Balaban J connectivity index is 0.000000111. The molecule has 0 bridgehead atoms. The molecular weight excluding hydrogens is 1800 g/mol. The standard InChI is InChI=1S/2C52H34.C46H30/c1-2-34-26-28-36(29-27-34)40-30-32-45-50-46(33-31-44(49(40)50)41-23-13-12-22-39(41)35-16-6-3-7-17-35)52-48(38-20-10-5-11-21-38)43-25-15-14-24-42(43)47(51(45)52)37-18-8-4-9-19-37;1-2-34-22-24-37(25-23-34)41-30-32-45-50-46(33-31-42(49(41)50)38-28-26-36(27-29-38)35-14-6-3-7-15-35)52-48(40-18-10-5-11-19-40)44-21-13-12-20-43(44)47(51(45)52)39-16-8-4-9-17-39;1-2-30-22-24-32(25-23-30)36-27-29-40-44-39(28-26-35(43(36)44)31-14-6-3-7-15-31)45-41(33-16-8-4-9-17-33)37-20-12-13-21-38(37)42(46(40)45)34-18-10-5-11-19-34/h2*2-33H,1H2;2-29H,1H2. The zero-order chi connectivity index (χ0) is 99.8. The van der Waals surface area contributed by atoms with Gasteiger partial charge in [0.1, 0.15) is 0 Å². The number of rotatable bonds is 17. The molecule has 0 heteroatoms. The Morgan fingerprint density at radius 3 is 0.473 bits per heavy atom. The molecule has 150 heavy (non-hydrogen) atoms. The maximum Gasteiger partial charge on any atom is -0.000740 e. The fraction of sp³-hybridized carbons (Fsp3) is 0. The normalized spacial score (nSPS) is 11.5. The van der Waals surface area contributed by atoms with Gasteiger partial charge < -0.3 is 0 Å². The third kappa shape index (κ3) is 15.1. The van der Waals surface area contributed by atoms with Crippen LogP contribution in [0.5, 0.6) is 0 Å². The Labute approximate surface area is 875 Å². The molecule has 0 saturated heterocycles. The van der Waals surface area contributed by atoms with Gasteiger partial charge >= 0.3 is 0 Å². The Bertz CT molecular complexity index is 9570. The van der Waals surface area contributed by atoms with E-state index in [0.717, 1.165) is 16.7 Å². The van der Waals surface area contributed by atoms with Crippen LogP contribution in [0.1, 0.15) is 16.7 Å². The topological polar surface area (TPSA) is 0 Å². The smallest absolute Gasteiger partial charge is 0.000740 e. The summed E-state index contributed by atoms with van der Waals surface area (Å²) in [6, 6.07) is 198. The first-order valence-electron chi connectivity index (χ1n) is 51.8. The van der Waals surface area contributed by atoms with Crippen LogP contribution in [0.4, 0.5) is 0 Å². The highest BCUT2D eigenvalue weighted by atomic mass is 14.4. The van der Waals surface area contributed by atoms with Gasteiger partial charge in [-0.15, -0.1) is 0 Å². The Morgan fingerprint density at radius 2 is 0.240 bits per heavy atom. The van der Waals surface area contributed by atoms with Gasteiger partial charge in [0.2, 0.25) is 0 Å². The minimum absolute atomic E-state index is 1.11. The highest BCUT2D eigenvalue weighted by Gasteiger charge is 2.38. The number of hydrogen-bond donors (Lipinski definition) is 0. The van der Waals surface area contributed by atoms with Gasteiger partial charge in [-0.3, -0.25) is 0 Å². The second-order valence-electron chi connectivity index (χ2n) is 39.2. The summed E-state index contributed by atoms with van der Waals surface area (Å²) in [5.74, 6) is 0. The van der Waals surface area contributed by atoms with Crippen LogP contribution in [-0.4, -0.2) is 0 Å². The van der Waals surface area contributed by atoms with Crippen LogP contribution in [0.2, 0.25) is 0 Å². The maximum absolute atomic E-state index is 4.02. The van der Waals surface area contributed by atoms with Crippen LogP contribution in [0.3, 0.4) is 0 Å². The van der Waals surface area contributed by atoms with E-state index in [2.05, 4.69) is 560 Å². The van der Waals surface area contributed by atoms with Crippen LogP contribution in [0.25, 0.3) is 305 Å². The number of benzene rings is 26. The van der Waals surface area contributed by atoms with Gasteiger partial charge in [0.25, 0.3) is 0 Å². The molecule has 29 rings (SSSR count). The summed E-state index contributed by atoms with van der Waals surface area (Å²) >= 11 is 0. The van der Waals surface area contributed by atoms with Crippen molar-refractivity contribution in [2.75, 3.05) is 0 Å². The van der Waals surface area contributed by atoms with Gasteiger partial charge in [0.05, 0.1) is 0 Å². The number of hydrogen-bond acceptors (Lipinski definition) is 0. The minimum Gasteiger partial charge on any atom is -0.0985 e. The zero-order valence-electron chi connectivity index (χ0n) is 82.7. The fourth-order valence-corrected chi connectivity index (χ4v) is 24.6. The molecule has 0 N–H and O–H groups in total. The van der Waals surface area contributed by atoms with E-state index in [1.807, 2.05) is 18.2 Å². The van der Waals surface area contributed by atoms with Gasteiger partial charge in [-0.2, -0.15) is 0 Å². The Kier molecular flexibility index (Phi) is 22.6. The van der Waals surface area contributed by atoms with E-state index in [1.54, 1.807) is 0 Å². The molecule has 3 aliphatic carbocycles. The molecule has 0 atom stereocenters. The van der Waals surface area contributed by atoms with E-state index in [0.29, 0.717) is 0 Å². The summed E-state index contributed by atoms with van der Waals surface area (Å²) in [6.07, 6.45) is 5.73. The largest absolute Gasteiger partial charge is 0.0985 e. The van der Waals surface area contributed by atoms with Crippen molar-refractivity contribution < 1.29 is 0 Å². The van der Waals surface area contributed by atoms with Crippen molar-refractivity contribution in [1.29, 1.82) is 0 Å². The van der Waals surface area contributed by atoms with Crippen LogP contribution < -0.4 is 0 Å². The average molecular weight is 1900 g/mol. The van der Waals surface area contributed by atoms with Gasteiger partial charge in [0.15, 0.2) is 0 Å². The van der Waals surface area contributed by atoms with E-state index in [-0.39, 0.29) is 0 Å². The van der Waals surface area contributed by atoms with E-state index in [4.69, 9.17) is 0 Å². The second-order valence-corrected chi connectivity index (χ2v) is 39.2. The van der Waals surface area contributed by atoms with Gasteiger partial charge in [-0.05, 0) is 304 Å². The summed E-state index contributed by atoms with van der Waals surface area (Å²) in [5.41, 5.74) is 53.7. The molecule has 698 valence electrons. The molecule has 3 aliphatic rings. The van der Waals surface area contributed by atoms with Crippen LogP contribution in [0.15, 0.2) is 560 Å². The molecule has 0 nitrogen and oxygen atoms in total. The van der Waals surface area contributed by atoms with Gasteiger partial charge in [0, 0.05) is 0 Å². The highest BCUT2D eigenvalue weighted by Crippen LogP contribution is 2.65. The summed E-state index contributed by atoms with van der Waals surface area (Å²) in [5, 5.41) is 15.4. The highest BCUT2D eigenvalue weighted by molar-refractivity contribution is 6.35. The van der Waals surface area contributed by atoms with E-state index >= 15 is 0 Å². The lowest BCUT2D eigenvalue weighted by molar-refractivity contribution is 1.59. The third-order valence-electron chi connectivity index (χ3n) is 31.2. The number of fused-ring (bicyclic) bond motifs is 12. The van der Waals surface area contributed by atoms with Gasteiger partial charge in [-0.25, -0.2) is 0 Å². The lowest BCUT2D eigenvalue weighted by atomic mass is 9.82. The second kappa shape index (κ2) is 37.9. The predicted molar refractivity (Wildman–Crippen MR) is 644 cm³/mol. The van der Waals surface area contributed by atoms with E-state index in [1.165, 1.54) is 287 Å². The quantitative estimate of drug-likeness (QED) is 0.0852. The summed E-state index contributed by atoms with van der Waals surface area (Å²) in [4.78, 5) is 0. The van der Waals surface area contributed by atoms with Crippen molar-refractivity contribution >= 4 is 82.9 Å². The summed E-state index contributed by atoms with van der Waals surface area (Å²) < 4.78 is 0. The van der Waals surface area contributed by atoms with Crippen molar-refractivity contribution in [1.82, 2.24) is 0 Å². The Hall–Kier alpha value is -19.5. The monoisotopic (exact) mass is 1900 g/mol. The van der Waals surface area contributed by atoms with Crippen LogP contribution in [-0.2, 0) is 0 Å². The van der Waals surface area contributed by atoms with Crippen molar-refractivity contribution in [3.05, 3.63) is 576 Å². The van der Waals surface area contributed by atoms with E-state index in [9.17, 15) is 0 Å². The molecule has 0 radical (unpaired) electrons. The molecule has 0 aliphatic heterocycles. The van der Waals surface area contributed by atoms with Gasteiger partial charge in [-0.1, -0.05) is 578 Å². The summed E-state index contributed by atoms with van der Waals surface area (Å²) in [6.45, 7) is 12.0. The molecule has 0 saturated carbocycles. The first kappa shape index (κ1) is 89.4. The van der Waals surface area contributed by atoms with Crippen LogP contribution in [0, 0.1) is 0 Å². The molecule has 0 spiro atoms. The molecule has 26 aromatic rings. The Morgan fingerprint density at radius 1 is 0.0933 bits per heavy atom. The SMILES string of the molecule is C=Cc1ccc(-c2ccc3c4c(ccc(-c5ccc(-c6ccccc6)cc5)c24)-c2c-3c(-c3ccccc3)c3ccccc3c2-c2ccccc2)cc1.C=Cc1ccc(-c2ccc3c4c(ccc(-c5ccccc5)c24)-c2c-3c(-c3ccccc3)c3ccccc3c2-c2ccccc2)cc1.C=Cc1ccc(-c2ccc3c4c(ccc(-c5ccccc5-c5ccccc5)c24)-c2c-3c(-c3ccccc3)c3ccccc3c2-c2ccccc2)cc1. The molecule has 0 heterocycles. The third-order valence-corrected chi connectivity index (χ3v) is 31.2. The maximum atomic E-state index is 4.02. The first-order valence-corrected chi connectivity index (χ1v) is 51.8. The molecule has 0 amide bonds.